The Morgan fingerprint density at radius 3 is 3.00 bits per heavy atom. The van der Waals surface area contributed by atoms with E-state index in [0.717, 1.165) is 13.0 Å². The molecule has 0 aliphatic carbocycles. The second-order valence-corrected chi connectivity index (χ2v) is 5.73. The highest BCUT2D eigenvalue weighted by atomic mass is 79.9. The molecule has 2 rings (SSSR count). The van der Waals surface area contributed by atoms with Gasteiger partial charge in [0.05, 0.1) is 10.0 Å². The van der Waals surface area contributed by atoms with Crippen molar-refractivity contribution in [1.29, 1.82) is 0 Å². The molecular formula is C14H18BrFN2O. The molecule has 1 fully saturated rings. The lowest BCUT2D eigenvalue weighted by Crippen LogP contribution is -2.44. The van der Waals surface area contributed by atoms with Gasteiger partial charge in [-0.15, -0.1) is 0 Å². The first-order valence-corrected chi connectivity index (χ1v) is 7.31. The molecular weight excluding hydrogens is 311 g/mol. The van der Waals surface area contributed by atoms with Crippen LogP contribution in [0.1, 0.15) is 29.6 Å². The lowest BCUT2D eigenvalue weighted by atomic mass is 10.0. The Hall–Kier alpha value is -0.940. The fourth-order valence-corrected chi connectivity index (χ4v) is 2.80. The molecule has 0 bridgehead atoms. The van der Waals surface area contributed by atoms with Crippen LogP contribution in [0.5, 0.6) is 0 Å². The van der Waals surface area contributed by atoms with Crippen LogP contribution < -0.4 is 5.32 Å². The van der Waals surface area contributed by atoms with Crippen molar-refractivity contribution in [3.05, 3.63) is 34.1 Å². The molecule has 1 amide bonds. The summed E-state index contributed by atoms with van der Waals surface area (Å²) in [5.74, 6) is -0.561. The van der Waals surface area contributed by atoms with Gasteiger partial charge in [0.2, 0.25) is 0 Å². The van der Waals surface area contributed by atoms with E-state index >= 15 is 0 Å². The number of benzene rings is 1. The molecule has 0 saturated carbocycles. The Kier molecular flexibility index (Phi) is 4.93. The van der Waals surface area contributed by atoms with E-state index in [-0.39, 0.29) is 10.4 Å². The number of likely N-dealkylation sites (N-methyl/N-ethyl adjacent to an activating group) is 1. The van der Waals surface area contributed by atoms with Crippen LogP contribution in [0.3, 0.4) is 0 Å². The van der Waals surface area contributed by atoms with Gasteiger partial charge in [0.15, 0.2) is 0 Å². The Labute approximate surface area is 121 Å². The van der Waals surface area contributed by atoms with Crippen molar-refractivity contribution in [2.45, 2.75) is 25.3 Å². The number of nitrogens with one attached hydrogen (secondary N) is 1. The average molecular weight is 329 g/mol. The fraction of sp³-hybridized carbons (Fsp3) is 0.500. The topological polar surface area (TPSA) is 32.3 Å². The third-order valence-corrected chi connectivity index (χ3v) is 4.24. The van der Waals surface area contributed by atoms with Gasteiger partial charge in [0.1, 0.15) is 5.82 Å². The Balaban J connectivity index is 2.03. The largest absolute Gasteiger partial charge is 0.340 e. The number of amides is 1. The van der Waals surface area contributed by atoms with Crippen LogP contribution in [0, 0.1) is 5.82 Å². The number of piperidine rings is 1. The zero-order chi connectivity index (χ0) is 13.8. The summed E-state index contributed by atoms with van der Waals surface area (Å²) in [5.41, 5.74) is 0.373. The number of nitrogens with zero attached hydrogens (tertiary/aromatic N) is 1. The summed E-state index contributed by atoms with van der Waals surface area (Å²) >= 11 is 3.14. The number of carbonyl (C=O) groups excluding carboxylic acids is 1. The summed E-state index contributed by atoms with van der Waals surface area (Å²) in [5, 5.41) is 3.40. The summed E-state index contributed by atoms with van der Waals surface area (Å²) in [7, 11) is 1.76. The highest BCUT2D eigenvalue weighted by Crippen LogP contribution is 2.22. The van der Waals surface area contributed by atoms with E-state index in [2.05, 4.69) is 21.2 Å². The third-order valence-electron chi connectivity index (χ3n) is 3.44. The minimum absolute atomic E-state index is 0.154. The van der Waals surface area contributed by atoms with Gasteiger partial charge in [-0.3, -0.25) is 4.79 Å². The highest BCUT2D eigenvalue weighted by molar-refractivity contribution is 9.10. The number of halogens is 2. The summed E-state index contributed by atoms with van der Waals surface area (Å²) in [6.45, 7) is 1.66. The summed E-state index contributed by atoms with van der Waals surface area (Å²) < 4.78 is 13.7. The molecule has 1 aromatic carbocycles. The van der Waals surface area contributed by atoms with Crippen LogP contribution in [0.4, 0.5) is 4.39 Å². The molecule has 1 saturated heterocycles. The van der Waals surface area contributed by atoms with Crippen molar-refractivity contribution < 1.29 is 9.18 Å². The fourth-order valence-electron chi connectivity index (χ4n) is 2.37. The minimum Gasteiger partial charge on any atom is -0.340 e. The predicted octanol–water partition coefficient (Wildman–Crippen LogP) is 2.80. The first-order chi connectivity index (χ1) is 9.09. The molecule has 1 unspecified atom stereocenters. The first-order valence-electron chi connectivity index (χ1n) is 6.52. The zero-order valence-corrected chi connectivity index (χ0v) is 12.5. The number of hydrogen-bond acceptors (Lipinski definition) is 2. The molecule has 1 aliphatic rings. The van der Waals surface area contributed by atoms with Crippen molar-refractivity contribution >= 4 is 21.8 Å². The van der Waals surface area contributed by atoms with Gasteiger partial charge in [0.25, 0.3) is 5.91 Å². The molecule has 104 valence electrons. The van der Waals surface area contributed by atoms with Crippen molar-refractivity contribution in [1.82, 2.24) is 10.2 Å². The van der Waals surface area contributed by atoms with E-state index in [1.807, 2.05) is 0 Å². The van der Waals surface area contributed by atoms with Crippen LogP contribution in [-0.2, 0) is 0 Å². The summed E-state index contributed by atoms with van der Waals surface area (Å²) in [6.07, 6.45) is 3.48. The summed E-state index contributed by atoms with van der Waals surface area (Å²) in [6, 6.07) is 4.87. The second-order valence-electron chi connectivity index (χ2n) is 4.93. The number of rotatable bonds is 3. The lowest BCUT2D eigenvalue weighted by Gasteiger charge is -2.28. The Bertz CT molecular complexity index is 461. The molecule has 1 aliphatic heterocycles. The minimum atomic E-state index is -0.407. The maximum absolute atomic E-state index is 13.4. The van der Waals surface area contributed by atoms with E-state index in [0.29, 0.717) is 18.2 Å². The van der Waals surface area contributed by atoms with Gasteiger partial charge in [-0.05, 0) is 47.4 Å². The maximum Gasteiger partial charge on any atom is 0.254 e. The van der Waals surface area contributed by atoms with E-state index in [4.69, 9.17) is 0 Å². The molecule has 19 heavy (non-hydrogen) atoms. The van der Waals surface area contributed by atoms with E-state index in [9.17, 15) is 9.18 Å². The van der Waals surface area contributed by atoms with E-state index in [1.54, 1.807) is 24.1 Å². The molecule has 1 atom stereocenters. The van der Waals surface area contributed by atoms with Gasteiger partial charge in [-0.2, -0.15) is 0 Å². The standard InChI is InChI=1S/C14H18BrFN2O/c1-18(9-10-5-2-3-8-17-10)14(19)11-6-4-7-12(16)13(11)15/h4,6-7,10,17H,2-3,5,8-9H2,1H3. The molecule has 3 nitrogen and oxygen atoms in total. The molecule has 0 spiro atoms. The van der Waals surface area contributed by atoms with Crippen molar-refractivity contribution in [2.24, 2.45) is 0 Å². The molecule has 1 heterocycles. The monoisotopic (exact) mass is 328 g/mol. The average Bonchev–Trinajstić information content (AvgIpc) is 2.42. The van der Waals surface area contributed by atoms with Crippen molar-refractivity contribution in [2.75, 3.05) is 20.1 Å². The Morgan fingerprint density at radius 2 is 2.32 bits per heavy atom. The van der Waals surface area contributed by atoms with Crippen LogP contribution in [0.25, 0.3) is 0 Å². The van der Waals surface area contributed by atoms with Crippen LogP contribution in [-0.4, -0.2) is 37.0 Å². The molecule has 0 radical (unpaired) electrons. The smallest absolute Gasteiger partial charge is 0.254 e. The summed E-state index contributed by atoms with van der Waals surface area (Å²) in [4.78, 5) is 13.9. The SMILES string of the molecule is CN(CC1CCCCN1)C(=O)c1cccc(F)c1Br. The zero-order valence-electron chi connectivity index (χ0n) is 11.0. The first kappa shape index (κ1) is 14.5. The highest BCUT2D eigenvalue weighted by Gasteiger charge is 2.21. The normalized spacial score (nSPS) is 19.2. The van der Waals surface area contributed by atoms with Crippen LogP contribution in [0.2, 0.25) is 0 Å². The molecule has 0 aromatic heterocycles. The number of carbonyl (C=O) groups is 1. The van der Waals surface area contributed by atoms with Gasteiger partial charge in [0, 0.05) is 19.6 Å². The number of hydrogen-bond donors (Lipinski definition) is 1. The molecule has 5 heteroatoms. The maximum atomic E-state index is 13.4. The molecule has 1 aromatic rings. The van der Waals surface area contributed by atoms with Gasteiger partial charge in [-0.25, -0.2) is 4.39 Å². The van der Waals surface area contributed by atoms with Crippen molar-refractivity contribution in [3.63, 3.8) is 0 Å². The van der Waals surface area contributed by atoms with E-state index in [1.165, 1.54) is 18.9 Å². The van der Waals surface area contributed by atoms with Crippen molar-refractivity contribution in [3.8, 4) is 0 Å². The van der Waals surface area contributed by atoms with Gasteiger partial charge < -0.3 is 10.2 Å². The van der Waals surface area contributed by atoms with Gasteiger partial charge in [-0.1, -0.05) is 12.5 Å². The van der Waals surface area contributed by atoms with Crippen LogP contribution >= 0.6 is 15.9 Å². The lowest BCUT2D eigenvalue weighted by molar-refractivity contribution is 0.0774. The quantitative estimate of drug-likeness (QED) is 0.925. The Morgan fingerprint density at radius 1 is 1.53 bits per heavy atom. The molecule has 1 N–H and O–H groups in total. The second kappa shape index (κ2) is 6.48. The van der Waals surface area contributed by atoms with E-state index < -0.39 is 5.82 Å². The third kappa shape index (κ3) is 3.54. The van der Waals surface area contributed by atoms with Crippen LogP contribution in [0.15, 0.2) is 22.7 Å². The predicted molar refractivity (Wildman–Crippen MR) is 76.7 cm³/mol. The van der Waals surface area contributed by atoms with Gasteiger partial charge >= 0.3 is 0 Å².